The first-order valence-corrected chi connectivity index (χ1v) is 13.2. The van der Waals surface area contributed by atoms with Crippen LogP contribution in [0.2, 0.25) is 5.02 Å². The number of aryl methyl sites for hydroxylation is 1. The van der Waals surface area contributed by atoms with Gasteiger partial charge in [-0.3, -0.25) is 4.79 Å². The van der Waals surface area contributed by atoms with Crippen LogP contribution in [0.4, 0.5) is 15.8 Å². The van der Waals surface area contributed by atoms with Crippen molar-refractivity contribution in [3.05, 3.63) is 78.9 Å². The van der Waals surface area contributed by atoms with Gasteiger partial charge in [-0.05, 0) is 79.1 Å². The normalized spacial score (nSPS) is 13.6. The molecule has 1 saturated heterocycles. The van der Waals surface area contributed by atoms with Crippen molar-refractivity contribution in [2.24, 2.45) is 0 Å². The topological polar surface area (TPSA) is 68.5 Å². The summed E-state index contributed by atoms with van der Waals surface area (Å²) in [6.07, 6.45) is 2.32. The van der Waals surface area contributed by atoms with Gasteiger partial charge in [0.25, 0.3) is 0 Å². The second-order valence-corrected chi connectivity index (χ2v) is 11.0. The van der Waals surface area contributed by atoms with Crippen LogP contribution in [0.25, 0.3) is 4.72 Å². The minimum atomic E-state index is -4.09. The number of halogens is 2. The number of thiophene rings is 1. The zero-order chi connectivity index (χ0) is 23.8. The van der Waals surface area contributed by atoms with E-state index < -0.39 is 15.8 Å². The van der Waals surface area contributed by atoms with Crippen molar-refractivity contribution < 1.29 is 47.2 Å². The summed E-state index contributed by atoms with van der Waals surface area (Å²) in [5.74, 6) is -0.793. The maximum atomic E-state index is 13.2. The number of carbonyl (C=O) groups excluding carboxylic acids is 1. The van der Waals surface area contributed by atoms with Crippen LogP contribution in [0.1, 0.15) is 39.2 Å². The molecule has 0 atom stereocenters. The average Bonchev–Trinajstić information content (AvgIpc) is 3.43. The third-order valence-electron chi connectivity index (χ3n) is 5.80. The second-order valence-electron chi connectivity index (χ2n) is 8.08. The molecule has 1 aliphatic rings. The number of nitrogens with zero attached hydrogens (tertiary/aromatic N) is 2. The van der Waals surface area contributed by atoms with Crippen molar-refractivity contribution in [3.8, 4) is 0 Å². The van der Waals surface area contributed by atoms with Crippen molar-refractivity contribution in [1.82, 2.24) is 0 Å². The first kappa shape index (κ1) is 27.2. The standard InChI is InChI=1S/C24H24ClFN2O3S2.Na/c1-15-13-20(25)19(16(2)23(15)28-10-3-4-11-28)14-22(29)24-21(9-12-32-24)27-33(30,31)18-7-5-17(26)6-8-18;/h5-9,12-13H,3-4,10-11,14H2,1-2H3,(H,27,29);/q;+1/p-1. The molecule has 0 N–H and O–H groups in total. The number of ketones is 1. The van der Waals surface area contributed by atoms with Crippen LogP contribution in [-0.4, -0.2) is 27.3 Å². The molecule has 1 fully saturated rings. The van der Waals surface area contributed by atoms with Gasteiger partial charge < -0.3 is 9.62 Å². The van der Waals surface area contributed by atoms with Crippen LogP contribution in [-0.2, 0) is 16.4 Å². The van der Waals surface area contributed by atoms with Crippen molar-refractivity contribution in [3.63, 3.8) is 0 Å². The zero-order valence-electron chi connectivity index (χ0n) is 19.3. The molecule has 5 nitrogen and oxygen atoms in total. The van der Waals surface area contributed by atoms with E-state index in [4.69, 9.17) is 11.6 Å². The number of benzene rings is 2. The summed E-state index contributed by atoms with van der Waals surface area (Å²) in [7, 11) is -4.09. The Morgan fingerprint density at radius 3 is 2.44 bits per heavy atom. The molecule has 0 amide bonds. The van der Waals surface area contributed by atoms with Gasteiger partial charge in [0.2, 0.25) is 0 Å². The molecule has 0 spiro atoms. The van der Waals surface area contributed by atoms with Gasteiger partial charge in [-0.15, -0.1) is 17.0 Å². The monoisotopic (exact) mass is 528 g/mol. The Kier molecular flexibility index (Phi) is 8.87. The molecule has 0 unspecified atom stereocenters. The number of sulfonamides is 1. The molecule has 1 aromatic heterocycles. The van der Waals surface area contributed by atoms with Gasteiger partial charge in [-0.1, -0.05) is 17.7 Å². The number of hydrogen-bond acceptors (Lipinski definition) is 5. The van der Waals surface area contributed by atoms with Crippen LogP contribution >= 0.6 is 22.9 Å². The van der Waals surface area contributed by atoms with Crippen molar-refractivity contribution in [2.75, 3.05) is 18.0 Å². The maximum absolute atomic E-state index is 13.2. The first-order valence-electron chi connectivity index (χ1n) is 10.5. The number of hydrogen-bond donors (Lipinski definition) is 0. The summed E-state index contributed by atoms with van der Waals surface area (Å²) < 4.78 is 42.3. The Bertz CT molecular complexity index is 1300. The molecule has 0 radical (unpaired) electrons. The zero-order valence-corrected chi connectivity index (χ0v) is 23.7. The molecule has 4 rings (SSSR count). The quantitative estimate of drug-likeness (QED) is 0.347. The van der Waals surface area contributed by atoms with Gasteiger partial charge >= 0.3 is 29.6 Å². The fourth-order valence-electron chi connectivity index (χ4n) is 4.22. The number of Topliss-reactive ketones (excluding diaryl/α,β-unsaturated/α-hetero) is 1. The van der Waals surface area contributed by atoms with Gasteiger partial charge in [0.15, 0.2) is 5.78 Å². The van der Waals surface area contributed by atoms with E-state index in [-0.39, 0.29) is 57.2 Å². The maximum Gasteiger partial charge on any atom is 1.00 e. The summed E-state index contributed by atoms with van der Waals surface area (Å²) in [4.78, 5) is 15.7. The molecule has 174 valence electrons. The third kappa shape index (κ3) is 5.69. The number of carbonyl (C=O) groups is 1. The molecule has 0 bridgehead atoms. The minimum Gasteiger partial charge on any atom is -0.571 e. The molecule has 0 aliphatic carbocycles. The molecule has 3 aromatic rings. The predicted octanol–water partition coefficient (Wildman–Crippen LogP) is 3.58. The fraction of sp³-hybridized carbons (Fsp3) is 0.292. The van der Waals surface area contributed by atoms with Crippen LogP contribution < -0.4 is 34.5 Å². The van der Waals surface area contributed by atoms with E-state index >= 15 is 0 Å². The Balaban J connectivity index is 0.00000324. The molecule has 10 heteroatoms. The van der Waals surface area contributed by atoms with E-state index in [0.717, 1.165) is 83.9 Å². The largest absolute Gasteiger partial charge is 1.00 e. The molecule has 2 heterocycles. The Morgan fingerprint density at radius 1 is 1.15 bits per heavy atom. The third-order valence-corrected chi connectivity index (χ3v) is 8.39. The van der Waals surface area contributed by atoms with Crippen molar-refractivity contribution >= 4 is 50.1 Å². The van der Waals surface area contributed by atoms with Crippen LogP contribution in [0.15, 0.2) is 46.7 Å². The van der Waals surface area contributed by atoms with Gasteiger partial charge in [-0.2, -0.15) is 0 Å². The van der Waals surface area contributed by atoms with Crippen LogP contribution in [0, 0.1) is 19.7 Å². The summed E-state index contributed by atoms with van der Waals surface area (Å²) in [5.41, 5.74) is 4.00. The van der Waals surface area contributed by atoms with Crippen LogP contribution in [0.5, 0.6) is 0 Å². The van der Waals surface area contributed by atoms with Gasteiger partial charge in [0, 0.05) is 30.2 Å². The smallest absolute Gasteiger partial charge is 0.571 e. The van der Waals surface area contributed by atoms with E-state index in [2.05, 4.69) is 9.62 Å². The summed E-state index contributed by atoms with van der Waals surface area (Å²) in [5, 5.41) is 2.15. The van der Waals surface area contributed by atoms with E-state index in [9.17, 15) is 17.6 Å². The van der Waals surface area contributed by atoms with Gasteiger partial charge in [0.05, 0.1) is 9.77 Å². The summed E-state index contributed by atoms with van der Waals surface area (Å²) in [6, 6.07) is 7.81. The fourth-order valence-corrected chi connectivity index (χ4v) is 6.42. The number of anilines is 1. The molecule has 1 aliphatic heterocycles. The summed E-state index contributed by atoms with van der Waals surface area (Å²) >= 11 is 7.68. The Morgan fingerprint density at radius 2 is 1.79 bits per heavy atom. The van der Waals surface area contributed by atoms with E-state index in [1.807, 2.05) is 19.9 Å². The molecule has 34 heavy (non-hydrogen) atoms. The molecular formula is C24H23ClFN2NaO3S2. The van der Waals surface area contributed by atoms with Gasteiger partial charge in [0.1, 0.15) is 15.8 Å². The molecule has 0 saturated carbocycles. The van der Waals surface area contributed by atoms with Crippen LogP contribution in [0.3, 0.4) is 0 Å². The minimum absolute atomic E-state index is 0. The SMILES string of the molecule is Cc1cc(Cl)c(CC(=O)c2sccc2[N-]S(=O)(=O)c2ccc(F)cc2)c(C)c1N1CCCC1.[Na+]. The van der Waals surface area contributed by atoms with E-state index in [0.29, 0.717) is 5.02 Å². The van der Waals surface area contributed by atoms with E-state index in [1.165, 1.54) is 6.07 Å². The molecule has 2 aromatic carbocycles. The first-order chi connectivity index (χ1) is 15.7. The molecular weight excluding hydrogens is 506 g/mol. The summed E-state index contributed by atoms with van der Waals surface area (Å²) in [6.45, 7) is 5.96. The van der Waals surface area contributed by atoms with Gasteiger partial charge in [-0.25, -0.2) is 12.8 Å². The van der Waals surface area contributed by atoms with Crippen molar-refractivity contribution in [2.45, 2.75) is 38.0 Å². The number of rotatable bonds is 7. The average molecular weight is 529 g/mol. The van der Waals surface area contributed by atoms with E-state index in [1.54, 1.807) is 5.38 Å². The second kappa shape index (κ2) is 11.1. The van der Waals surface area contributed by atoms with Crippen molar-refractivity contribution in [1.29, 1.82) is 0 Å². The Labute approximate surface area is 230 Å². The predicted molar refractivity (Wildman–Crippen MR) is 131 cm³/mol. The Hall–Kier alpha value is -1.42.